The molecular formula is C31H38N4O7. The van der Waals surface area contributed by atoms with Crippen LogP contribution >= 0.6 is 0 Å². The van der Waals surface area contributed by atoms with Gasteiger partial charge in [-0.3, -0.25) is 9.36 Å². The van der Waals surface area contributed by atoms with E-state index in [0.29, 0.717) is 17.1 Å². The maximum atomic E-state index is 13.7. The number of aromatic nitrogens is 2. The van der Waals surface area contributed by atoms with Crippen molar-refractivity contribution >= 4 is 40.9 Å². The van der Waals surface area contributed by atoms with Crippen LogP contribution in [-0.4, -0.2) is 65.4 Å². The molecule has 2 aromatic heterocycles. The van der Waals surface area contributed by atoms with Gasteiger partial charge in [0.2, 0.25) is 5.91 Å². The lowest BCUT2D eigenvalue weighted by Gasteiger charge is -2.26. The van der Waals surface area contributed by atoms with Gasteiger partial charge >= 0.3 is 18.0 Å². The molecule has 11 nitrogen and oxygen atoms in total. The molecule has 0 radical (unpaired) electrons. The number of para-hydroxylation sites is 1. The van der Waals surface area contributed by atoms with E-state index in [1.54, 1.807) is 53.0 Å². The van der Waals surface area contributed by atoms with Gasteiger partial charge in [0.25, 0.3) is 0 Å². The fourth-order valence-corrected chi connectivity index (χ4v) is 4.41. The predicted octanol–water partition coefficient (Wildman–Crippen LogP) is 3.96. The highest BCUT2D eigenvalue weighted by Crippen LogP contribution is 2.31. The van der Waals surface area contributed by atoms with Gasteiger partial charge < -0.3 is 24.8 Å². The quantitative estimate of drug-likeness (QED) is 0.210. The van der Waals surface area contributed by atoms with E-state index in [1.165, 1.54) is 20.3 Å². The van der Waals surface area contributed by atoms with E-state index < -0.39 is 41.6 Å². The maximum Gasteiger partial charge on any atom is 0.408 e. The van der Waals surface area contributed by atoms with Crippen molar-refractivity contribution in [1.29, 1.82) is 0 Å². The minimum absolute atomic E-state index is 0.0156. The SMILES string of the molecule is COC(=O)/C=C/c1c(C[C@H](NC(=O)OC(C)(C)C)C(=O)N[C@H](C(=O)OC)C(C)C)c2ccccc2n1-c1ccccn1. The zero-order valence-electron chi connectivity index (χ0n) is 25.0. The molecule has 0 spiro atoms. The molecule has 42 heavy (non-hydrogen) atoms. The summed E-state index contributed by atoms with van der Waals surface area (Å²) < 4.78 is 17.0. The zero-order chi connectivity index (χ0) is 31.0. The van der Waals surface area contributed by atoms with E-state index >= 15 is 0 Å². The number of amides is 2. The smallest absolute Gasteiger partial charge is 0.408 e. The molecule has 0 fully saturated rings. The van der Waals surface area contributed by atoms with Crippen LogP contribution in [0.4, 0.5) is 4.79 Å². The van der Waals surface area contributed by atoms with E-state index in [-0.39, 0.29) is 12.3 Å². The van der Waals surface area contributed by atoms with Crippen LogP contribution in [0.25, 0.3) is 22.8 Å². The van der Waals surface area contributed by atoms with Crippen LogP contribution in [0.1, 0.15) is 45.9 Å². The Kier molecular flexibility index (Phi) is 10.5. The van der Waals surface area contributed by atoms with Crippen molar-refractivity contribution in [2.75, 3.05) is 14.2 Å². The van der Waals surface area contributed by atoms with Crippen LogP contribution in [0, 0.1) is 5.92 Å². The van der Waals surface area contributed by atoms with E-state index in [1.807, 2.05) is 41.0 Å². The number of alkyl carbamates (subject to hydrolysis) is 1. The molecule has 2 amide bonds. The largest absolute Gasteiger partial charge is 0.467 e. The van der Waals surface area contributed by atoms with Crippen LogP contribution < -0.4 is 10.6 Å². The second-order valence-corrected chi connectivity index (χ2v) is 10.9. The monoisotopic (exact) mass is 578 g/mol. The number of nitrogens with one attached hydrogen (secondary N) is 2. The van der Waals surface area contributed by atoms with Crippen LogP contribution in [0.3, 0.4) is 0 Å². The average Bonchev–Trinajstić information content (AvgIpc) is 3.25. The Morgan fingerprint density at radius 1 is 0.976 bits per heavy atom. The van der Waals surface area contributed by atoms with Crippen LogP contribution in [0.15, 0.2) is 54.7 Å². The molecule has 11 heteroatoms. The number of pyridine rings is 1. The number of benzene rings is 1. The first kappa shape index (κ1) is 31.9. The fraction of sp³-hybridized carbons (Fsp3) is 0.387. The first-order chi connectivity index (χ1) is 19.9. The van der Waals surface area contributed by atoms with Gasteiger partial charge in [-0.1, -0.05) is 38.1 Å². The number of fused-ring (bicyclic) bond motifs is 1. The lowest BCUT2D eigenvalue weighted by molar-refractivity contribution is -0.146. The van der Waals surface area contributed by atoms with Gasteiger partial charge in [-0.25, -0.2) is 19.4 Å². The lowest BCUT2D eigenvalue weighted by atomic mass is 9.99. The molecule has 0 saturated heterocycles. The van der Waals surface area contributed by atoms with Crippen molar-refractivity contribution in [2.45, 2.75) is 58.7 Å². The standard InChI is InChI=1S/C31H38N4O7/c1-19(2)27(29(38)41-7)34-28(37)22(33-30(39)42-31(3,4)5)18-21-20-12-8-9-13-23(20)35(25-14-10-11-17-32-25)24(21)15-16-26(36)40-6/h8-17,19,22,27H,18H2,1-7H3,(H,33,39)(H,34,37)/b16-15+/t22-,27-/m0/s1. The lowest BCUT2D eigenvalue weighted by Crippen LogP contribution is -2.54. The van der Waals surface area contributed by atoms with Crippen molar-refractivity contribution in [1.82, 2.24) is 20.2 Å². The third-order valence-corrected chi connectivity index (χ3v) is 6.31. The van der Waals surface area contributed by atoms with Crippen LogP contribution in [0.2, 0.25) is 0 Å². The summed E-state index contributed by atoms with van der Waals surface area (Å²) in [6.45, 7) is 8.68. The second-order valence-electron chi connectivity index (χ2n) is 10.9. The number of hydrogen-bond acceptors (Lipinski definition) is 8. The Balaban J connectivity index is 2.18. The van der Waals surface area contributed by atoms with Crippen LogP contribution in [-0.2, 0) is 35.0 Å². The minimum Gasteiger partial charge on any atom is -0.467 e. The van der Waals surface area contributed by atoms with Crippen molar-refractivity contribution in [3.8, 4) is 5.82 Å². The second kappa shape index (κ2) is 13.8. The summed E-state index contributed by atoms with van der Waals surface area (Å²) in [6.07, 6.45) is 3.69. The molecule has 3 aromatic rings. The summed E-state index contributed by atoms with van der Waals surface area (Å²) in [5, 5.41) is 6.17. The summed E-state index contributed by atoms with van der Waals surface area (Å²) in [7, 11) is 2.52. The number of methoxy groups -OCH3 is 2. The van der Waals surface area contributed by atoms with Gasteiger partial charge in [0, 0.05) is 24.1 Å². The van der Waals surface area contributed by atoms with Gasteiger partial charge in [0.05, 0.1) is 25.4 Å². The first-order valence-corrected chi connectivity index (χ1v) is 13.5. The Labute approximate surface area is 245 Å². The molecule has 2 atom stereocenters. The third kappa shape index (κ3) is 7.96. The predicted molar refractivity (Wildman–Crippen MR) is 158 cm³/mol. The highest BCUT2D eigenvalue weighted by Gasteiger charge is 2.32. The van der Waals surface area contributed by atoms with Gasteiger partial charge in [0.15, 0.2) is 0 Å². The minimum atomic E-state index is -1.17. The number of esters is 2. The normalized spacial score (nSPS) is 13.0. The van der Waals surface area contributed by atoms with Gasteiger partial charge in [0.1, 0.15) is 23.5 Å². The maximum absolute atomic E-state index is 13.7. The van der Waals surface area contributed by atoms with E-state index in [2.05, 4.69) is 15.6 Å². The summed E-state index contributed by atoms with van der Waals surface area (Å²) in [4.78, 5) is 55.7. The number of carbonyl (C=O) groups is 4. The van der Waals surface area contributed by atoms with E-state index in [0.717, 1.165) is 10.9 Å². The Morgan fingerprint density at radius 3 is 2.26 bits per heavy atom. The molecule has 0 aliphatic rings. The van der Waals surface area contributed by atoms with Crippen molar-refractivity contribution < 1.29 is 33.4 Å². The van der Waals surface area contributed by atoms with E-state index in [9.17, 15) is 19.2 Å². The third-order valence-electron chi connectivity index (χ3n) is 6.31. The number of hydrogen-bond donors (Lipinski definition) is 2. The van der Waals surface area contributed by atoms with E-state index in [4.69, 9.17) is 14.2 Å². The molecule has 3 rings (SSSR count). The number of ether oxygens (including phenoxy) is 3. The van der Waals surface area contributed by atoms with Gasteiger partial charge in [-0.2, -0.15) is 0 Å². The molecule has 0 saturated carbocycles. The highest BCUT2D eigenvalue weighted by atomic mass is 16.6. The Hall–Kier alpha value is -4.67. The first-order valence-electron chi connectivity index (χ1n) is 13.5. The molecular weight excluding hydrogens is 540 g/mol. The number of carbonyl (C=O) groups excluding carboxylic acids is 4. The molecule has 0 bridgehead atoms. The molecule has 0 aliphatic carbocycles. The fourth-order valence-electron chi connectivity index (χ4n) is 4.41. The van der Waals surface area contributed by atoms with Gasteiger partial charge in [-0.05, 0) is 56.5 Å². The van der Waals surface area contributed by atoms with Crippen LogP contribution in [0.5, 0.6) is 0 Å². The zero-order valence-corrected chi connectivity index (χ0v) is 25.0. The van der Waals surface area contributed by atoms with Crippen molar-refractivity contribution in [3.05, 3.63) is 66.0 Å². The molecule has 2 heterocycles. The Bertz CT molecular complexity index is 1460. The molecule has 1 aromatic carbocycles. The topological polar surface area (TPSA) is 138 Å². The summed E-state index contributed by atoms with van der Waals surface area (Å²) in [5.41, 5.74) is 1.15. The van der Waals surface area contributed by atoms with Crippen molar-refractivity contribution in [2.24, 2.45) is 5.92 Å². The Morgan fingerprint density at radius 2 is 1.67 bits per heavy atom. The van der Waals surface area contributed by atoms with Gasteiger partial charge in [-0.15, -0.1) is 0 Å². The molecule has 2 N–H and O–H groups in total. The number of rotatable bonds is 10. The highest BCUT2D eigenvalue weighted by molar-refractivity contribution is 5.95. The summed E-state index contributed by atoms with van der Waals surface area (Å²) in [6, 6.07) is 10.8. The summed E-state index contributed by atoms with van der Waals surface area (Å²) >= 11 is 0. The molecule has 0 unspecified atom stereocenters. The van der Waals surface area contributed by atoms with Crippen molar-refractivity contribution in [3.63, 3.8) is 0 Å². The summed E-state index contributed by atoms with van der Waals surface area (Å²) in [5.74, 6) is -1.49. The molecule has 0 aliphatic heterocycles. The molecule has 224 valence electrons. The average molecular weight is 579 g/mol. The number of nitrogens with zero attached hydrogens (tertiary/aromatic N) is 2.